The van der Waals surface area contributed by atoms with E-state index in [0.717, 1.165) is 10.9 Å². The monoisotopic (exact) mass is 253 g/mol. The maximum absolute atomic E-state index is 12.1. The number of nitrogens with one attached hydrogen (secondary N) is 2. The quantitative estimate of drug-likeness (QED) is 0.614. The van der Waals surface area contributed by atoms with E-state index < -0.39 is 0 Å². The summed E-state index contributed by atoms with van der Waals surface area (Å²) in [6.07, 6.45) is 1.71. The summed E-state index contributed by atoms with van der Waals surface area (Å²) in [5.74, 6) is -0.0425. The van der Waals surface area contributed by atoms with E-state index in [1.165, 1.54) is 12.1 Å². The van der Waals surface area contributed by atoms with Crippen LogP contribution in [0.1, 0.15) is 10.4 Å². The number of phenolic OH excluding ortho intramolecular Hbond substituents is 1. The van der Waals surface area contributed by atoms with E-state index in [1.54, 1.807) is 30.5 Å². The standard InChI is InChI=1S/C14H11N3O2/c18-12-5-3-11(4-6-12)16-14(19)9-1-2-10-8-15-17-13(10)7-9/h1-8,18H,(H,15,17)(H,16,19). The van der Waals surface area contributed by atoms with Gasteiger partial charge in [0, 0.05) is 16.6 Å². The molecule has 0 unspecified atom stereocenters. The number of aromatic hydroxyl groups is 1. The molecule has 3 aromatic rings. The number of carbonyl (C=O) groups excluding carboxylic acids is 1. The van der Waals surface area contributed by atoms with Crippen LogP contribution >= 0.6 is 0 Å². The molecule has 1 heterocycles. The van der Waals surface area contributed by atoms with Crippen molar-refractivity contribution in [1.82, 2.24) is 10.2 Å². The Hall–Kier alpha value is -2.82. The highest BCUT2D eigenvalue weighted by Crippen LogP contribution is 2.17. The molecule has 5 nitrogen and oxygen atoms in total. The predicted octanol–water partition coefficient (Wildman–Crippen LogP) is 2.52. The van der Waals surface area contributed by atoms with E-state index in [2.05, 4.69) is 15.5 Å². The summed E-state index contributed by atoms with van der Waals surface area (Å²) >= 11 is 0. The van der Waals surface area contributed by atoms with Crippen LogP contribution in [0.25, 0.3) is 10.9 Å². The van der Waals surface area contributed by atoms with Gasteiger partial charge in [-0.05, 0) is 36.4 Å². The average Bonchev–Trinajstić information content (AvgIpc) is 2.88. The lowest BCUT2D eigenvalue weighted by molar-refractivity contribution is 0.102. The number of hydrogen-bond donors (Lipinski definition) is 3. The molecule has 94 valence electrons. The number of H-pyrrole nitrogens is 1. The van der Waals surface area contributed by atoms with Gasteiger partial charge in [-0.3, -0.25) is 9.89 Å². The SMILES string of the molecule is O=C(Nc1ccc(O)cc1)c1ccc2cn[nH]c2c1. The van der Waals surface area contributed by atoms with Gasteiger partial charge in [-0.2, -0.15) is 5.10 Å². The highest BCUT2D eigenvalue weighted by molar-refractivity contribution is 6.06. The molecule has 0 atom stereocenters. The lowest BCUT2D eigenvalue weighted by Gasteiger charge is -2.05. The Kier molecular flexibility index (Phi) is 2.64. The van der Waals surface area contributed by atoms with Crippen molar-refractivity contribution in [3.8, 4) is 5.75 Å². The normalized spacial score (nSPS) is 10.5. The molecule has 1 amide bonds. The number of amides is 1. The summed E-state index contributed by atoms with van der Waals surface area (Å²) in [6.45, 7) is 0. The molecule has 0 spiro atoms. The van der Waals surface area contributed by atoms with E-state index in [-0.39, 0.29) is 11.7 Å². The second-order valence-electron chi connectivity index (χ2n) is 4.17. The second kappa shape index (κ2) is 4.45. The van der Waals surface area contributed by atoms with Crippen LogP contribution in [-0.4, -0.2) is 21.2 Å². The fourth-order valence-corrected chi connectivity index (χ4v) is 1.83. The highest BCUT2D eigenvalue weighted by atomic mass is 16.3. The molecule has 1 aromatic heterocycles. The topological polar surface area (TPSA) is 78.0 Å². The van der Waals surface area contributed by atoms with Gasteiger partial charge in [0.25, 0.3) is 5.91 Å². The summed E-state index contributed by atoms with van der Waals surface area (Å²) in [7, 11) is 0. The minimum Gasteiger partial charge on any atom is -0.508 e. The first-order valence-corrected chi connectivity index (χ1v) is 5.76. The lowest BCUT2D eigenvalue weighted by atomic mass is 10.1. The summed E-state index contributed by atoms with van der Waals surface area (Å²) in [5.41, 5.74) is 2.00. The molecule has 0 bridgehead atoms. The third-order valence-corrected chi connectivity index (χ3v) is 2.83. The van der Waals surface area contributed by atoms with Gasteiger partial charge in [0.1, 0.15) is 5.75 Å². The number of anilines is 1. The van der Waals surface area contributed by atoms with Gasteiger partial charge in [-0.1, -0.05) is 6.07 Å². The summed E-state index contributed by atoms with van der Waals surface area (Å²) in [4.78, 5) is 12.1. The first kappa shape index (κ1) is 11.3. The maximum atomic E-state index is 12.1. The van der Waals surface area contributed by atoms with Crippen molar-refractivity contribution in [2.24, 2.45) is 0 Å². The Bertz CT molecular complexity index is 732. The molecule has 0 aliphatic carbocycles. The fraction of sp³-hybridized carbons (Fsp3) is 0. The first-order valence-electron chi connectivity index (χ1n) is 5.76. The molecule has 0 radical (unpaired) electrons. The predicted molar refractivity (Wildman–Crippen MR) is 72.2 cm³/mol. The Morgan fingerprint density at radius 2 is 1.95 bits per heavy atom. The highest BCUT2D eigenvalue weighted by Gasteiger charge is 2.07. The van der Waals surface area contributed by atoms with Crippen LogP contribution in [0.5, 0.6) is 5.75 Å². The molecule has 0 fully saturated rings. The first-order chi connectivity index (χ1) is 9.22. The molecule has 0 saturated heterocycles. The van der Waals surface area contributed by atoms with Crippen molar-refractivity contribution in [2.45, 2.75) is 0 Å². The number of aromatic amines is 1. The molecule has 3 rings (SSSR count). The molecule has 0 aliphatic heterocycles. The van der Waals surface area contributed by atoms with E-state index in [1.807, 2.05) is 6.07 Å². The summed E-state index contributed by atoms with van der Waals surface area (Å²) in [5, 5.41) is 19.6. The maximum Gasteiger partial charge on any atom is 0.255 e. The minimum atomic E-state index is -0.206. The van der Waals surface area contributed by atoms with Crippen molar-refractivity contribution < 1.29 is 9.90 Å². The van der Waals surface area contributed by atoms with Crippen LogP contribution in [0.4, 0.5) is 5.69 Å². The zero-order valence-corrected chi connectivity index (χ0v) is 9.92. The number of benzene rings is 2. The van der Waals surface area contributed by atoms with Gasteiger partial charge in [0.2, 0.25) is 0 Å². The molecule has 5 heteroatoms. The van der Waals surface area contributed by atoms with Gasteiger partial charge in [0.05, 0.1) is 11.7 Å². The molecular weight excluding hydrogens is 242 g/mol. The molecular formula is C14H11N3O2. The summed E-state index contributed by atoms with van der Waals surface area (Å²) < 4.78 is 0. The van der Waals surface area contributed by atoms with Crippen LogP contribution in [0.2, 0.25) is 0 Å². The third kappa shape index (κ3) is 2.26. The van der Waals surface area contributed by atoms with Crippen molar-refractivity contribution in [3.05, 3.63) is 54.2 Å². The number of rotatable bonds is 2. The van der Waals surface area contributed by atoms with Crippen molar-refractivity contribution >= 4 is 22.5 Å². The largest absolute Gasteiger partial charge is 0.508 e. The van der Waals surface area contributed by atoms with Crippen LogP contribution in [0, 0.1) is 0 Å². The van der Waals surface area contributed by atoms with Crippen molar-refractivity contribution in [2.75, 3.05) is 5.32 Å². The smallest absolute Gasteiger partial charge is 0.255 e. The zero-order valence-electron chi connectivity index (χ0n) is 9.92. The molecule has 19 heavy (non-hydrogen) atoms. The van der Waals surface area contributed by atoms with Crippen molar-refractivity contribution in [1.29, 1.82) is 0 Å². The number of carbonyl (C=O) groups is 1. The van der Waals surface area contributed by atoms with E-state index >= 15 is 0 Å². The van der Waals surface area contributed by atoms with Crippen LogP contribution in [0.3, 0.4) is 0 Å². The van der Waals surface area contributed by atoms with Crippen LogP contribution < -0.4 is 5.32 Å². The average molecular weight is 253 g/mol. The van der Waals surface area contributed by atoms with Gasteiger partial charge in [-0.25, -0.2) is 0 Å². The number of hydrogen-bond acceptors (Lipinski definition) is 3. The number of nitrogens with zero attached hydrogens (tertiary/aromatic N) is 1. The van der Waals surface area contributed by atoms with E-state index in [4.69, 9.17) is 0 Å². The Morgan fingerprint density at radius 1 is 1.16 bits per heavy atom. The van der Waals surface area contributed by atoms with Gasteiger partial charge < -0.3 is 10.4 Å². The van der Waals surface area contributed by atoms with Gasteiger partial charge in [-0.15, -0.1) is 0 Å². The Morgan fingerprint density at radius 3 is 2.74 bits per heavy atom. The second-order valence-corrected chi connectivity index (χ2v) is 4.17. The zero-order chi connectivity index (χ0) is 13.2. The molecule has 0 aliphatic rings. The number of fused-ring (bicyclic) bond motifs is 1. The van der Waals surface area contributed by atoms with E-state index in [0.29, 0.717) is 11.3 Å². The van der Waals surface area contributed by atoms with Crippen LogP contribution in [-0.2, 0) is 0 Å². The van der Waals surface area contributed by atoms with Gasteiger partial charge in [0.15, 0.2) is 0 Å². The molecule has 0 saturated carbocycles. The van der Waals surface area contributed by atoms with Crippen LogP contribution in [0.15, 0.2) is 48.7 Å². The number of phenols is 1. The Labute approximate surface area is 108 Å². The van der Waals surface area contributed by atoms with Gasteiger partial charge >= 0.3 is 0 Å². The Balaban J connectivity index is 1.84. The van der Waals surface area contributed by atoms with E-state index in [9.17, 15) is 9.90 Å². The third-order valence-electron chi connectivity index (χ3n) is 2.83. The van der Waals surface area contributed by atoms with Crippen molar-refractivity contribution in [3.63, 3.8) is 0 Å². The minimum absolute atomic E-state index is 0.164. The summed E-state index contributed by atoms with van der Waals surface area (Å²) in [6, 6.07) is 11.7. The number of aromatic nitrogens is 2. The lowest BCUT2D eigenvalue weighted by Crippen LogP contribution is -2.11. The fourth-order valence-electron chi connectivity index (χ4n) is 1.83. The molecule has 3 N–H and O–H groups in total. The molecule has 2 aromatic carbocycles.